The van der Waals surface area contributed by atoms with Crippen molar-refractivity contribution in [1.82, 2.24) is 24.3 Å². The molecule has 1 atom stereocenters. The Balaban J connectivity index is 1.17. The van der Waals surface area contributed by atoms with Gasteiger partial charge < -0.3 is 9.80 Å². The molecule has 3 amide bonds. The zero-order chi connectivity index (χ0) is 30.4. The summed E-state index contributed by atoms with van der Waals surface area (Å²) in [5.41, 5.74) is 0.619. The fourth-order valence-corrected chi connectivity index (χ4v) is 7.27. The standard InChI is InChI=1S/C30H32F3N5O4S/c31-30(32,33)25-10-5-4-9-23(25)26-11-6-16-37(26)28(39)24-19-34-38(27(24)20-12-13-20)21-14-17-36(18-15-21)29(40)35-43(41,42)22-7-2-1-3-8-22/h1-5,7-10,19-21,26H,6,11-18H2,(H,35,40). The van der Waals surface area contributed by atoms with Crippen LogP contribution in [0.1, 0.15) is 83.7 Å². The highest BCUT2D eigenvalue weighted by Crippen LogP contribution is 2.45. The third kappa shape index (κ3) is 5.86. The second-order valence-corrected chi connectivity index (χ2v) is 13.0. The lowest BCUT2D eigenvalue weighted by molar-refractivity contribution is -0.138. The Morgan fingerprint density at radius 2 is 1.56 bits per heavy atom. The number of sulfonamides is 1. The van der Waals surface area contributed by atoms with Gasteiger partial charge in [-0.2, -0.15) is 18.3 Å². The Hall–Kier alpha value is -3.87. The van der Waals surface area contributed by atoms with Crippen LogP contribution in [0.25, 0.3) is 0 Å². The predicted octanol–water partition coefficient (Wildman–Crippen LogP) is 5.49. The smallest absolute Gasteiger partial charge is 0.331 e. The van der Waals surface area contributed by atoms with Crippen molar-refractivity contribution < 1.29 is 31.2 Å². The highest BCUT2D eigenvalue weighted by atomic mass is 32.2. The molecule has 0 spiro atoms. The Bertz CT molecular complexity index is 1610. The number of aromatic nitrogens is 2. The van der Waals surface area contributed by atoms with Crippen LogP contribution in [0.15, 0.2) is 65.7 Å². The average molecular weight is 616 g/mol. The van der Waals surface area contributed by atoms with Crippen LogP contribution in [-0.4, -0.2) is 59.6 Å². The summed E-state index contributed by atoms with van der Waals surface area (Å²) in [6.45, 7) is 0.970. The number of likely N-dealkylation sites (tertiary alicyclic amines) is 2. The molecule has 1 unspecified atom stereocenters. The highest BCUT2D eigenvalue weighted by molar-refractivity contribution is 7.90. The number of hydrogen-bond acceptors (Lipinski definition) is 5. The molecule has 43 heavy (non-hydrogen) atoms. The maximum Gasteiger partial charge on any atom is 0.416 e. The lowest BCUT2D eigenvalue weighted by Gasteiger charge is -2.33. The number of piperidine rings is 1. The molecular formula is C30H32F3N5O4S. The first-order valence-electron chi connectivity index (χ1n) is 14.5. The molecule has 13 heteroatoms. The van der Waals surface area contributed by atoms with E-state index in [1.807, 2.05) is 4.68 Å². The molecule has 2 aromatic carbocycles. The molecule has 3 aromatic rings. The first-order valence-corrected chi connectivity index (χ1v) is 15.9. The van der Waals surface area contributed by atoms with Crippen molar-refractivity contribution in [2.75, 3.05) is 19.6 Å². The summed E-state index contributed by atoms with van der Waals surface area (Å²) in [6.07, 6.45) is 0.887. The van der Waals surface area contributed by atoms with E-state index in [-0.39, 0.29) is 28.3 Å². The van der Waals surface area contributed by atoms with Gasteiger partial charge in [0.25, 0.3) is 15.9 Å². The summed E-state index contributed by atoms with van der Waals surface area (Å²) in [4.78, 5) is 29.7. The second kappa shape index (κ2) is 11.3. The van der Waals surface area contributed by atoms with E-state index in [2.05, 4.69) is 9.82 Å². The van der Waals surface area contributed by atoms with E-state index in [4.69, 9.17) is 0 Å². The molecule has 3 aliphatic rings. The van der Waals surface area contributed by atoms with E-state index in [1.54, 1.807) is 29.2 Å². The molecular weight excluding hydrogens is 583 g/mol. The van der Waals surface area contributed by atoms with Crippen molar-refractivity contribution in [2.45, 2.75) is 67.6 Å². The Kier molecular flexibility index (Phi) is 7.69. The van der Waals surface area contributed by atoms with Gasteiger partial charge in [-0.1, -0.05) is 36.4 Å². The molecule has 1 aliphatic carbocycles. The van der Waals surface area contributed by atoms with Gasteiger partial charge in [0.1, 0.15) is 0 Å². The number of amides is 3. The highest BCUT2D eigenvalue weighted by Gasteiger charge is 2.42. The lowest BCUT2D eigenvalue weighted by Crippen LogP contribution is -2.46. The molecule has 0 bridgehead atoms. The van der Waals surface area contributed by atoms with E-state index < -0.39 is 33.8 Å². The summed E-state index contributed by atoms with van der Waals surface area (Å²) in [5, 5.41) is 4.59. The van der Waals surface area contributed by atoms with Crippen molar-refractivity contribution in [2.24, 2.45) is 0 Å². The van der Waals surface area contributed by atoms with Crippen molar-refractivity contribution in [3.63, 3.8) is 0 Å². The van der Waals surface area contributed by atoms with Crippen LogP contribution in [0.5, 0.6) is 0 Å². The second-order valence-electron chi connectivity index (χ2n) is 11.3. The zero-order valence-corrected chi connectivity index (χ0v) is 24.2. The Labute approximate surface area is 247 Å². The molecule has 2 saturated heterocycles. The maximum atomic E-state index is 13.9. The van der Waals surface area contributed by atoms with Crippen molar-refractivity contribution in [3.8, 4) is 0 Å². The van der Waals surface area contributed by atoms with Crippen molar-refractivity contribution >= 4 is 22.0 Å². The van der Waals surface area contributed by atoms with E-state index in [1.165, 1.54) is 35.4 Å². The number of alkyl halides is 3. The quantitative estimate of drug-likeness (QED) is 0.395. The molecule has 6 rings (SSSR count). The summed E-state index contributed by atoms with van der Waals surface area (Å²) in [5.74, 6) is -0.169. The normalized spacial score (nSPS) is 19.9. The molecule has 3 heterocycles. The van der Waals surface area contributed by atoms with E-state index in [0.717, 1.165) is 24.6 Å². The van der Waals surface area contributed by atoms with Gasteiger partial charge in [-0.25, -0.2) is 17.9 Å². The Morgan fingerprint density at radius 3 is 2.23 bits per heavy atom. The van der Waals surface area contributed by atoms with E-state index >= 15 is 0 Å². The molecule has 2 aliphatic heterocycles. The number of halogens is 3. The molecule has 1 saturated carbocycles. The number of urea groups is 1. The van der Waals surface area contributed by atoms with E-state index in [9.17, 15) is 31.2 Å². The summed E-state index contributed by atoms with van der Waals surface area (Å²) >= 11 is 0. The van der Waals surface area contributed by atoms with Crippen LogP contribution in [-0.2, 0) is 16.2 Å². The van der Waals surface area contributed by atoms with Gasteiger partial charge in [0.05, 0.1) is 40.0 Å². The van der Waals surface area contributed by atoms with Crippen LogP contribution < -0.4 is 4.72 Å². The lowest BCUT2D eigenvalue weighted by atomic mass is 9.97. The topological polar surface area (TPSA) is 105 Å². The van der Waals surface area contributed by atoms with Crippen molar-refractivity contribution in [3.05, 3.63) is 83.2 Å². The van der Waals surface area contributed by atoms with Crippen LogP contribution >= 0.6 is 0 Å². The largest absolute Gasteiger partial charge is 0.416 e. The summed E-state index contributed by atoms with van der Waals surface area (Å²) in [7, 11) is -4.00. The summed E-state index contributed by atoms with van der Waals surface area (Å²) < 4.78 is 70.6. The van der Waals surface area contributed by atoms with E-state index in [0.29, 0.717) is 50.9 Å². The average Bonchev–Trinajstić information content (AvgIpc) is 3.54. The Morgan fingerprint density at radius 1 is 0.884 bits per heavy atom. The third-order valence-corrected chi connectivity index (χ3v) is 9.88. The minimum Gasteiger partial charge on any atom is -0.331 e. The number of benzene rings is 2. The number of hydrogen-bond donors (Lipinski definition) is 1. The van der Waals surface area contributed by atoms with Gasteiger partial charge in [-0.3, -0.25) is 9.48 Å². The number of carbonyl (C=O) groups excluding carboxylic acids is 2. The van der Waals surface area contributed by atoms with Gasteiger partial charge in [-0.05, 0) is 62.3 Å². The number of carbonyl (C=O) groups is 2. The first kappa shape index (κ1) is 29.2. The van der Waals surface area contributed by atoms with Crippen LogP contribution in [0, 0.1) is 0 Å². The number of nitrogens with zero attached hydrogens (tertiary/aromatic N) is 4. The fourth-order valence-electron chi connectivity index (χ4n) is 6.28. The molecule has 1 aromatic heterocycles. The fraction of sp³-hybridized carbons (Fsp3) is 0.433. The van der Waals surface area contributed by atoms with Crippen molar-refractivity contribution in [1.29, 1.82) is 0 Å². The maximum absolute atomic E-state index is 13.9. The number of nitrogens with one attached hydrogen (secondary N) is 1. The minimum atomic E-state index is -4.52. The first-order chi connectivity index (χ1) is 20.5. The molecule has 1 N–H and O–H groups in total. The predicted molar refractivity (Wildman–Crippen MR) is 151 cm³/mol. The van der Waals surface area contributed by atoms with Crippen LogP contribution in [0.2, 0.25) is 0 Å². The van der Waals surface area contributed by atoms with Crippen LogP contribution in [0.4, 0.5) is 18.0 Å². The molecule has 228 valence electrons. The SMILES string of the molecule is O=C(NS(=O)(=O)c1ccccc1)N1CCC(n2ncc(C(=O)N3CCCC3c3ccccc3C(F)(F)F)c2C2CC2)CC1. The third-order valence-electron chi connectivity index (χ3n) is 8.54. The zero-order valence-electron chi connectivity index (χ0n) is 23.3. The number of rotatable bonds is 6. The molecule has 3 fully saturated rings. The summed E-state index contributed by atoms with van der Waals surface area (Å²) in [6, 6.07) is 11.7. The van der Waals surface area contributed by atoms with Gasteiger partial charge in [0, 0.05) is 25.6 Å². The van der Waals surface area contributed by atoms with Crippen LogP contribution in [0.3, 0.4) is 0 Å². The molecule has 0 radical (unpaired) electrons. The van der Waals surface area contributed by atoms with Gasteiger partial charge in [0.2, 0.25) is 0 Å². The van der Waals surface area contributed by atoms with Gasteiger partial charge in [-0.15, -0.1) is 0 Å². The minimum absolute atomic E-state index is 0.00295. The van der Waals surface area contributed by atoms with Gasteiger partial charge in [0.15, 0.2) is 0 Å². The monoisotopic (exact) mass is 615 g/mol. The van der Waals surface area contributed by atoms with Gasteiger partial charge >= 0.3 is 12.2 Å². The molecule has 9 nitrogen and oxygen atoms in total.